The summed E-state index contributed by atoms with van der Waals surface area (Å²) in [6.07, 6.45) is -5.36. The van der Waals surface area contributed by atoms with Crippen LogP contribution < -0.4 is 9.47 Å². The molecule has 1 rings (SSSR count). The van der Waals surface area contributed by atoms with Gasteiger partial charge in [-0.1, -0.05) is 0 Å². The number of methoxy groups -OCH3 is 2. The predicted molar refractivity (Wildman–Crippen MR) is 54.9 cm³/mol. The van der Waals surface area contributed by atoms with Crippen molar-refractivity contribution in [3.63, 3.8) is 0 Å². The Labute approximate surface area is 105 Å². The van der Waals surface area contributed by atoms with E-state index in [1.165, 1.54) is 0 Å². The first-order valence-corrected chi connectivity index (χ1v) is 4.86. The fraction of sp³-hybridized carbons (Fsp3) is 0.400. The van der Waals surface area contributed by atoms with Crippen LogP contribution in [0, 0.1) is 0 Å². The van der Waals surface area contributed by atoms with Crippen LogP contribution in [0.2, 0.25) is 0 Å². The minimum atomic E-state index is -4.95. The molecule has 1 heterocycles. The SMILES string of the molecule is COC(=O)Cc1nc(OC)c(OC(F)(F)F)cc1O. The summed E-state index contributed by atoms with van der Waals surface area (Å²) < 4.78 is 48.9. The summed E-state index contributed by atoms with van der Waals surface area (Å²) in [5.74, 6) is -2.66. The third-order valence-electron chi connectivity index (χ3n) is 1.97. The van der Waals surface area contributed by atoms with Crippen molar-refractivity contribution in [3.05, 3.63) is 11.8 Å². The van der Waals surface area contributed by atoms with E-state index in [1.807, 2.05) is 0 Å². The summed E-state index contributed by atoms with van der Waals surface area (Å²) >= 11 is 0. The summed E-state index contributed by atoms with van der Waals surface area (Å²) in [5.41, 5.74) is -0.182. The van der Waals surface area contributed by atoms with Crippen LogP contribution in [0.15, 0.2) is 6.07 Å². The van der Waals surface area contributed by atoms with Gasteiger partial charge >= 0.3 is 12.3 Å². The summed E-state index contributed by atoms with van der Waals surface area (Å²) in [6.45, 7) is 0. The molecule has 0 saturated carbocycles. The Morgan fingerprint density at radius 2 is 2.05 bits per heavy atom. The van der Waals surface area contributed by atoms with Gasteiger partial charge in [0.25, 0.3) is 5.88 Å². The molecule has 0 amide bonds. The zero-order valence-corrected chi connectivity index (χ0v) is 9.95. The van der Waals surface area contributed by atoms with Crippen molar-refractivity contribution < 1.29 is 37.3 Å². The topological polar surface area (TPSA) is 77.9 Å². The third kappa shape index (κ3) is 4.19. The Bertz CT molecular complexity index is 475. The highest BCUT2D eigenvalue weighted by Crippen LogP contribution is 2.34. The Morgan fingerprint density at radius 1 is 1.42 bits per heavy atom. The van der Waals surface area contributed by atoms with Gasteiger partial charge in [-0.05, 0) is 0 Å². The standard InChI is InChI=1S/C10H10F3NO5/c1-17-8(16)3-5-6(15)4-7(9(14-5)18-2)19-10(11,12)13/h4,15H,3H2,1-2H3. The molecular weight excluding hydrogens is 271 g/mol. The maximum atomic E-state index is 12.1. The normalized spacial score (nSPS) is 11.0. The van der Waals surface area contributed by atoms with Gasteiger partial charge in [0.05, 0.1) is 26.3 Å². The van der Waals surface area contributed by atoms with E-state index < -0.39 is 36.1 Å². The highest BCUT2D eigenvalue weighted by molar-refractivity contribution is 5.72. The highest BCUT2D eigenvalue weighted by Gasteiger charge is 2.33. The summed E-state index contributed by atoms with van der Waals surface area (Å²) in [6, 6.07) is 0.664. The maximum absolute atomic E-state index is 12.1. The number of pyridine rings is 1. The zero-order chi connectivity index (χ0) is 14.6. The summed E-state index contributed by atoms with van der Waals surface area (Å²) in [5, 5.41) is 9.48. The van der Waals surface area contributed by atoms with E-state index in [4.69, 9.17) is 0 Å². The van der Waals surface area contributed by atoms with Crippen LogP contribution in [-0.2, 0) is 16.0 Å². The van der Waals surface area contributed by atoms with E-state index in [1.54, 1.807) is 0 Å². The number of aromatic hydroxyl groups is 1. The van der Waals surface area contributed by atoms with Crippen molar-refractivity contribution >= 4 is 5.97 Å². The smallest absolute Gasteiger partial charge is 0.506 e. The molecule has 0 bridgehead atoms. The molecule has 0 spiro atoms. The highest BCUT2D eigenvalue weighted by atomic mass is 19.4. The fourth-order valence-electron chi connectivity index (χ4n) is 1.19. The average molecular weight is 281 g/mol. The zero-order valence-electron chi connectivity index (χ0n) is 9.95. The maximum Gasteiger partial charge on any atom is 0.573 e. The third-order valence-corrected chi connectivity index (χ3v) is 1.97. The van der Waals surface area contributed by atoms with Crippen LogP contribution in [0.5, 0.6) is 17.4 Å². The second kappa shape index (κ2) is 5.63. The minimum Gasteiger partial charge on any atom is -0.506 e. The second-order valence-electron chi connectivity index (χ2n) is 3.26. The molecule has 6 nitrogen and oxygen atoms in total. The van der Waals surface area contributed by atoms with Gasteiger partial charge in [-0.25, -0.2) is 4.98 Å². The first kappa shape index (κ1) is 14.9. The summed E-state index contributed by atoms with van der Waals surface area (Å²) in [4.78, 5) is 14.6. The van der Waals surface area contributed by atoms with Crippen LogP contribution in [-0.4, -0.2) is 36.6 Å². The number of hydrogen-bond acceptors (Lipinski definition) is 6. The number of ether oxygens (including phenoxy) is 3. The fourth-order valence-corrected chi connectivity index (χ4v) is 1.19. The Morgan fingerprint density at radius 3 is 2.53 bits per heavy atom. The first-order chi connectivity index (χ1) is 8.76. The number of carbonyl (C=O) groups excluding carboxylic acids is 1. The molecule has 0 aliphatic rings. The molecule has 0 radical (unpaired) electrons. The molecule has 1 N–H and O–H groups in total. The van der Waals surface area contributed by atoms with Crippen molar-refractivity contribution in [2.75, 3.05) is 14.2 Å². The van der Waals surface area contributed by atoms with Gasteiger partial charge in [-0.3, -0.25) is 4.79 Å². The molecule has 1 aromatic rings. The van der Waals surface area contributed by atoms with E-state index in [2.05, 4.69) is 19.2 Å². The number of hydrogen-bond donors (Lipinski definition) is 1. The number of halogens is 3. The summed E-state index contributed by atoms with van der Waals surface area (Å²) in [7, 11) is 2.20. The minimum absolute atomic E-state index is 0.182. The van der Waals surface area contributed by atoms with Crippen LogP contribution in [0.1, 0.15) is 5.69 Å². The Kier molecular flexibility index (Phi) is 4.41. The average Bonchev–Trinajstić information content (AvgIpc) is 2.30. The van der Waals surface area contributed by atoms with E-state index >= 15 is 0 Å². The van der Waals surface area contributed by atoms with Gasteiger partial charge < -0.3 is 19.3 Å². The lowest BCUT2D eigenvalue weighted by molar-refractivity contribution is -0.275. The lowest BCUT2D eigenvalue weighted by Gasteiger charge is -2.13. The number of esters is 1. The van der Waals surface area contributed by atoms with Gasteiger partial charge in [0.15, 0.2) is 5.75 Å². The van der Waals surface area contributed by atoms with Crippen molar-refractivity contribution in [2.45, 2.75) is 12.8 Å². The molecule has 0 saturated heterocycles. The van der Waals surface area contributed by atoms with E-state index in [0.29, 0.717) is 6.07 Å². The molecule has 9 heteroatoms. The molecular formula is C10H10F3NO5. The monoisotopic (exact) mass is 281 g/mol. The van der Waals surface area contributed by atoms with Crippen molar-refractivity contribution in [2.24, 2.45) is 0 Å². The first-order valence-electron chi connectivity index (χ1n) is 4.86. The Hall–Kier alpha value is -2.19. The van der Waals surface area contributed by atoms with Crippen molar-refractivity contribution in [3.8, 4) is 17.4 Å². The predicted octanol–water partition coefficient (Wildman–Crippen LogP) is 1.41. The Balaban J connectivity index is 3.10. The van der Waals surface area contributed by atoms with Crippen LogP contribution >= 0.6 is 0 Å². The lowest BCUT2D eigenvalue weighted by atomic mass is 10.2. The van der Waals surface area contributed by atoms with Gasteiger partial charge in [0, 0.05) is 6.07 Å². The van der Waals surface area contributed by atoms with Crippen molar-refractivity contribution in [1.29, 1.82) is 0 Å². The lowest BCUT2D eigenvalue weighted by Crippen LogP contribution is -2.18. The van der Waals surface area contributed by atoms with Crippen LogP contribution in [0.25, 0.3) is 0 Å². The molecule has 0 unspecified atom stereocenters. The number of nitrogens with zero attached hydrogens (tertiary/aromatic N) is 1. The number of carbonyl (C=O) groups is 1. The van der Waals surface area contributed by atoms with Crippen LogP contribution in [0.4, 0.5) is 13.2 Å². The largest absolute Gasteiger partial charge is 0.573 e. The number of alkyl halides is 3. The molecule has 19 heavy (non-hydrogen) atoms. The number of aromatic nitrogens is 1. The molecule has 0 atom stereocenters. The second-order valence-corrected chi connectivity index (χ2v) is 3.26. The van der Waals surface area contributed by atoms with Gasteiger partial charge in [-0.15, -0.1) is 13.2 Å². The molecule has 0 aromatic carbocycles. The van der Waals surface area contributed by atoms with Crippen LogP contribution in [0.3, 0.4) is 0 Å². The van der Waals surface area contributed by atoms with Crippen molar-refractivity contribution in [1.82, 2.24) is 4.98 Å². The van der Waals surface area contributed by atoms with E-state index in [9.17, 15) is 23.1 Å². The van der Waals surface area contributed by atoms with E-state index in [0.717, 1.165) is 14.2 Å². The number of rotatable bonds is 4. The van der Waals surface area contributed by atoms with E-state index in [-0.39, 0.29) is 5.69 Å². The van der Waals surface area contributed by atoms with Gasteiger partial charge in [0.2, 0.25) is 0 Å². The molecule has 0 aliphatic heterocycles. The molecule has 1 aromatic heterocycles. The quantitative estimate of drug-likeness (QED) is 0.841. The van der Waals surface area contributed by atoms with Gasteiger partial charge in [0.1, 0.15) is 5.75 Å². The molecule has 0 fully saturated rings. The molecule has 0 aliphatic carbocycles. The van der Waals surface area contributed by atoms with Gasteiger partial charge in [-0.2, -0.15) is 0 Å². The molecule has 106 valence electrons.